The largest absolute Gasteiger partial charge is 0.207 e. The van der Waals surface area contributed by atoms with Crippen molar-refractivity contribution in [1.82, 2.24) is 0 Å². The van der Waals surface area contributed by atoms with E-state index in [4.69, 9.17) is 0 Å². The molecule has 0 N–H and O–H groups in total. The second-order valence-corrected chi connectivity index (χ2v) is 7.05. The Kier molecular flexibility index (Phi) is 3.86. The van der Waals surface area contributed by atoms with Crippen molar-refractivity contribution in [2.45, 2.75) is 5.92 Å². The first-order chi connectivity index (χ1) is 13.3. The Morgan fingerprint density at radius 1 is 0.667 bits per heavy atom. The third-order valence-corrected chi connectivity index (χ3v) is 5.58. The summed E-state index contributed by atoms with van der Waals surface area (Å²) in [6.45, 7) is 0. The molecule has 0 fully saturated rings. The normalized spacial score (nSPS) is 20.3. The van der Waals surface area contributed by atoms with Crippen molar-refractivity contribution in [3.63, 3.8) is 0 Å². The van der Waals surface area contributed by atoms with Crippen molar-refractivity contribution in [3.05, 3.63) is 137 Å². The third kappa shape index (κ3) is 2.59. The van der Waals surface area contributed by atoms with E-state index < -0.39 is 0 Å². The fourth-order valence-electron chi connectivity index (χ4n) is 4.46. The van der Waals surface area contributed by atoms with Gasteiger partial charge in [-0.15, -0.1) is 0 Å². The summed E-state index contributed by atoms with van der Waals surface area (Å²) in [5, 5.41) is 0. The molecule has 2 unspecified atom stereocenters. The molecule has 2 aliphatic rings. The van der Waals surface area contributed by atoms with E-state index in [-0.39, 0.29) is 17.7 Å². The van der Waals surface area contributed by atoms with Gasteiger partial charge in [0, 0.05) is 11.8 Å². The minimum absolute atomic E-state index is 0.0222. The molecular formula is C26H19F. The van der Waals surface area contributed by atoms with Crippen LogP contribution < -0.4 is 0 Å². The van der Waals surface area contributed by atoms with Crippen LogP contribution in [-0.2, 0) is 0 Å². The zero-order valence-electron chi connectivity index (χ0n) is 14.8. The maximum Gasteiger partial charge on any atom is 0.127 e. The summed E-state index contributed by atoms with van der Waals surface area (Å²) < 4.78 is 14.8. The number of halogens is 1. The molecule has 130 valence electrons. The smallest absolute Gasteiger partial charge is 0.127 e. The fraction of sp³-hybridized carbons (Fsp3) is 0.0769. The molecule has 27 heavy (non-hydrogen) atoms. The molecule has 0 saturated heterocycles. The predicted octanol–water partition coefficient (Wildman–Crippen LogP) is 6.52. The van der Waals surface area contributed by atoms with E-state index in [1.807, 2.05) is 18.2 Å². The summed E-state index contributed by atoms with van der Waals surface area (Å²) >= 11 is 0. The number of fused-ring (bicyclic) bond motifs is 2. The van der Waals surface area contributed by atoms with Crippen LogP contribution in [-0.4, -0.2) is 0 Å². The Bertz CT molecular complexity index is 1090. The third-order valence-electron chi connectivity index (χ3n) is 5.58. The number of hydrogen-bond donors (Lipinski definition) is 0. The number of allylic oxidation sites excluding steroid dienone is 5. The monoisotopic (exact) mass is 350 g/mol. The zero-order chi connectivity index (χ0) is 18.2. The van der Waals surface area contributed by atoms with Crippen molar-refractivity contribution in [3.8, 4) is 0 Å². The first kappa shape index (κ1) is 16.0. The average molecular weight is 350 g/mol. The molecule has 0 amide bonds. The van der Waals surface area contributed by atoms with Crippen LogP contribution >= 0.6 is 0 Å². The van der Waals surface area contributed by atoms with Crippen molar-refractivity contribution in [2.75, 3.05) is 0 Å². The molecule has 0 nitrogen and oxygen atoms in total. The Balaban J connectivity index is 1.82. The Morgan fingerprint density at radius 3 is 2.19 bits per heavy atom. The van der Waals surface area contributed by atoms with Crippen LogP contribution in [0.2, 0.25) is 0 Å². The van der Waals surface area contributed by atoms with Gasteiger partial charge in [0.1, 0.15) is 5.82 Å². The van der Waals surface area contributed by atoms with E-state index in [9.17, 15) is 4.39 Å². The zero-order valence-corrected chi connectivity index (χ0v) is 14.8. The van der Waals surface area contributed by atoms with E-state index in [0.29, 0.717) is 0 Å². The lowest BCUT2D eigenvalue weighted by Crippen LogP contribution is -2.23. The highest BCUT2D eigenvalue weighted by Crippen LogP contribution is 2.50. The highest BCUT2D eigenvalue weighted by Gasteiger charge is 2.36. The Hall–Kier alpha value is -3.19. The second-order valence-electron chi connectivity index (χ2n) is 7.05. The molecule has 0 aliphatic heterocycles. The van der Waals surface area contributed by atoms with Gasteiger partial charge >= 0.3 is 0 Å². The summed E-state index contributed by atoms with van der Waals surface area (Å²) in [4.78, 5) is 0. The molecule has 0 saturated carbocycles. The molecule has 3 aromatic rings. The maximum absolute atomic E-state index is 14.8. The summed E-state index contributed by atoms with van der Waals surface area (Å²) in [6.07, 6.45) is 8.57. The van der Waals surface area contributed by atoms with Crippen LogP contribution in [0.5, 0.6) is 0 Å². The highest BCUT2D eigenvalue weighted by atomic mass is 19.1. The predicted molar refractivity (Wildman–Crippen MR) is 109 cm³/mol. The molecule has 0 aromatic heterocycles. The molecule has 2 atom stereocenters. The van der Waals surface area contributed by atoms with Crippen LogP contribution in [0.4, 0.5) is 4.39 Å². The first-order valence-corrected chi connectivity index (χ1v) is 9.33. The minimum atomic E-state index is -0.136. The molecule has 3 aromatic carbocycles. The highest BCUT2D eigenvalue weighted by molar-refractivity contribution is 5.88. The van der Waals surface area contributed by atoms with E-state index in [2.05, 4.69) is 72.8 Å². The quantitative estimate of drug-likeness (QED) is 0.494. The van der Waals surface area contributed by atoms with Crippen LogP contribution in [0.25, 0.3) is 5.57 Å². The molecule has 0 radical (unpaired) electrons. The van der Waals surface area contributed by atoms with Gasteiger partial charge in [0.2, 0.25) is 0 Å². The van der Waals surface area contributed by atoms with Gasteiger partial charge in [-0.2, -0.15) is 0 Å². The molecule has 0 spiro atoms. The van der Waals surface area contributed by atoms with E-state index in [1.54, 1.807) is 12.1 Å². The lowest BCUT2D eigenvalue weighted by atomic mass is 9.66. The number of benzene rings is 3. The molecular weight excluding hydrogens is 331 g/mol. The van der Waals surface area contributed by atoms with Gasteiger partial charge in [0.25, 0.3) is 0 Å². The molecule has 2 aliphatic carbocycles. The van der Waals surface area contributed by atoms with Gasteiger partial charge in [-0.25, -0.2) is 4.39 Å². The van der Waals surface area contributed by atoms with E-state index in [0.717, 1.165) is 5.56 Å². The summed E-state index contributed by atoms with van der Waals surface area (Å²) in [7, 11) is 0. The van der Waals surface area contributed by atoms with Gasteiger partial charge in [-0.05, 0) is 39.5 Å². The number of rotatable bonds is 2. The van der Waals surface area contributed by atoms with Gasteiger partial charge in [0.15, 0.2) is 0 Å². The SMILES string of the molecule is Fc1ccccc1C1c2ccccc2C(c2ccccc2)=C2C=CC=CC21. The van der Waals surface area contributed by atoms with Gasteiger partial charge < -0.3 is 0 Å². The first-order valence-electron chi connectivity index (χ1n) is 9.33. The van der Waals surface area contributed by atoms with Crippen LogP contribution in [0.15, 0.2) is 109 Å². The summed E-state index contributed by atoms with van der Waals surface area (Å²) in [5.41, 5.74) is 6.87. The fourth-order valence-corrected chi connectivity index (χ4v) is 4.46. The molecule has 5 rings (SSSR count). The van der Waals surface area contributed by atoms with Crippen molar-refractivity contribution >= 4 is 5.57 Å². The molecule has 0 bridgehead atoms. The van der Waals surface area contributed by atoms with Crippen LogP contribution in [0.1, 0.15) is 28.2 Å². The number of hydrogen-bond acceptors (Lipinski definition) is 0. The Labute approximate surface area is 159 Å². The average Bonchev–Trinajstić information content (AvgIpc) is 2.73. The van der Waals surface area contributed by atoms with E-state index >= 15 is 0 Å². The maximum atomic E-state index is 14.8. The Morgan fingerprint density at radius 2 is 1.37 bits per heavy atom. The second kappa shape index (κ2) is 6.51. The van der Waals surface area contributed by atoms with Crippen molar-refractivity contribution < 1.29 is 4.39 Å². The standard InChI is InChI=1S/C26H19F/c27-24-17-9-8-16-23(24)26-21-14-6-4-12-19(21)25(18-10-2-1-3-11-18)20-13-5-7-15-22(20)26/h1-17,21,26H. The lowest BCUT2D eigenvalue weighted by molar-refractivity contribution is 0.565. The lowest BCUT2D eigenvalue weighted by Gasteiger charge is -2.36. The van der Waals surface area contributed by atoms with Gasteiger partial charge in [-0.1, -0.05) is 97.1 Å². The van der Waals surface area contributed by atoms with Gasteiger partial charge in [0.05, 0.1) is 0 Å². The van der Waals surface area contributed by atoms with Crippen molar-refractivity contribution in [2.24, 2.45) is 5.92 Å². The topological polar surface area (TPSA) is 0 Å². The summed E-state index contributed by atoms with van der Waals surface area (Å²) in [5.74, 6) is -0.0363. The van der Waals surface area contributed by atoms with Crippen LogP contribution in [0.3, 0.4) is 0 Å². The van der Waals surface area contributed by atoms with Crippen molar-refractivity contribution in [1.29, 1.82) is 0 Å². The minimum Gasteiger partial charge on any atom is -0.207 e. The van der Waals surface area contributed by atoms with Gasteiger partial charge in [-0.3, -0.25) is 0 Å². The summed E-state index contributed by atoms with van der Waals surface area (Å²) in [6, 6.07) is 26.1. The molecule has 0 heterocycles. The van der Waals surface area contributed by atoms with Crippen LogP contribution in [0, 0.1) is 11.7 Å². The van der Waals surface area contributed by atoms with E-state index in [1.165, 1.54) is 27.8 Å². The molecule has 1 heteroatoms.